The summed E-state index contributed by atoms with van der Waals surface area (Å²) in [5.41, 5.74) is 7.48. The van der Waals surface area contributed by atoms with Crippen molar-refractivity contribution < 1.29 is 14.3 Å². The predicted molar refractivity (Wildman–Crippen MR) is 171 cm³/mol. The first-order chi connectivity index (χ1) is 20.5. The standard InChI is InChI=1S/C37H40N2O3/c1-5-8-21-39(22-9-6-2)27-19-20-31-32(24-27)41-33-23-25(4)35(38-26-15-11-10-12-16-26)28(7-3)34(33)37(31)30-18-14-13-17-29(30)36(40)42-37/h10-20,23-24,38H,5-9,21-22H2,1-4H3. The Bertz CT molecular complexity index is 1610. The van der Waals surface area contributed by atoms with Crippen molar-refractivity contribution >= 4 is 23.0 Å². The van der Waals surface area contributed by atoms with Gasteiger partial charge in [0.05, 0.1) is 11.1 Å². The van der Waals surface area contributed by atoms with Crippen LogP contribution in [-0.2, 0) is 16.8 Å². The van der Waals surface area contributed by atoms with Crippen LogP contribution in [-0.4, -0.2) is 19.1 Å². The Morgan fingerprint density at radius 3 is 2.24 bits per heavy atom. The molecule has 1 N–H and O–H groups in total. The molecule has 0 fully saturated rings. The number of nitrogens with one attached hydrogen (secondary N) is 1. The predicted octanol–water partition coefficient (Wildman–Crippen LogP) is 9.28. The summed E-state index contributed by atoms with van der Waals surface area (Å²) in [4.78, 5) is 16.0. The summed E-state index contributed by atoms with van der Waals surface area (Å²) in [5, 5.41) is 3.67. The topological polar surface area (TPSA) is 50.8 Å². The van der Waals surface area contributed by atoms with Crippen LogP contribution in [0.15, 0.2) is 78.9 Å². The third-order valence-corrected chi connectivity index (χ3v) is 8.61. The SMILES string of the molecule is CCCCN(CCCC)c1ccc2c(c1)Oc1cc(C)c(Nc3ccccc3)c(CC)c1C21OC(=O)c2ccccc21. The number of carbonyl (C=O) groups is 1. The lowest BCUT2D eigenvalue weighted by atomic mass is 9.74. The number of ether oxygens (including phenoxy) is 2. The van der Waals surface area contributed by atoms with Crippen molar-refractivity contribution in [2.45, 2.75) is 65.4 Å². The van der Waals surface area contributed by atoms with Gasteiger partial charge in [0.15, 0.2) is 5.60 Å². The van der Waals surface area contributed by atoms with Crippen LogP contribution in [0.4, 0.5) is 17.1 Å². The maximum atomic E-state index is 13.5. The molecule has 4 aromatic carbocycles. The molecule has 0 radical (unpaired) electrons. The quantitative estimate of drug-likeness (QED) is 0.196. The van der Waals surface area contributed by atoms with Crippen molar-refractivity contribution in [3.8, 4) is 11.5 Å². The number of aryl methyl sites for hydroxylation is 1. The van der Waals surface area contributed by atoms with E-state index in [9.17, 15) is 4.79 Å². The number of anilines is 3. The number of benzene rings is 4. The smallest absolute Gasteiger partial charge is 0.340 e. The zero-order valence-electron chi connectivity index (χ0n) is 25.1. The van der Waals surface area contributed by atoms with Crippen LogP contribution in [0.2, 0.25) is 0 Å². The fourth-order valence-electron chi connectivity index (χ4n) is 6.52. The molecule has 42 heavy (non-hydrogen) atoms. The number of rotatable bonds is 10. The number of hydrogen-bond acceptors (Lipinski definition) is 5. The molecule has 4 aromatic rings. The van der Waals surface area contributed by atoms with Crippen molar-refractivity contribution in [3.05, 3.63) is 112 Å². The second-order valence-electron chi connectivity index (χ2n) is 11.4. The Labute approximate surface area is 249 Å². The average molecular weight is 561 g/mol. The molecule has 5 heteroatoms. The molecule has 1 atom stereocenters. The largest absolute Gasteiger partial charge is 0.456 e. The van der Waals surface area contributed by atoms with Gasteiger partial charge in [-0.1, -0.05) is 70.0 Å². The summed E-state index contributed by atoms with van der Waals surface area (Å²) < 4.78 is 13.4. The number of carbonyl (C=O) groups excluding carboxylic acids is 1. The number of fused-ring (bicyclic) bond motifs is 6. The van der Waals surface area contributed by atoms with Crippen LogP contribution in [0.25, 0.3) is 0 Å². The Hall–Kier alpha value is -4.25. The van der Waals surface area contributed by atoms with Crippen LogP contribution < -0.4 is 15.0 Å². The molecule has 2 aliphatic rings. The lowest BCUT2D eigenvalue weighted by Gasteiger charge is -2.39. The van der Waals surface area contributed by atoms with Crippen LogP contribution in [0.1, 0.15) is 84.6 Å². The maximum Gasteiger partial charge on any atom is 0.340 e. The molecule has 0 aliphatic carbocycles. The molecular formula is C37H40N2O3. The van der Waals surface area contributed by atoms with Gasteiger partial charge in [-0.05, 0) is 73.7 Å². The third-order valence-electron chi connectivity index (χ3n) is 8.61. The summed E-state index contributed by atoms with van der Waals surface area (Å²) in [6.45, 7) is 10.7. The number of nitrogens with zero attached hydrogens (tertiary/aromatic N) is 1. The van der Waals surface area contributed by atoms with Gasteiger partial charge in [-0.15, -0.1) is 0 Å². The van der Waals surface area contributed by atoms with Gasteiger partial charge in [-0.2, -0.15) is 0 Å². The molecule has 0 bridgehead atoms. The summed E-state index contributed by atoms with van der Waals surface area (Å²) in [5.74, 6) is 1.18. The third kappa shape index (κ3) is 4.61. The molecule has 1 spiro atoms. The van der Waals surface area contributed by atoms with E-state index < -0.39 is 5.60 Å². The Kier molecular flexibility index (Phi) is 7.68. The normalized spacial score (nSPS) is 16.3. The van der Waals surface area contributed by atoms with Crippen LogP contribution >= 0.6 is 0 Å². The van der Waals surface area contributed by atoms with E-state index in [0.717, 1.165) is 102 Å². The van der Waals surface area contributed by atoms with Crippen LogP contribution in [0.5, 0.6) is 11.5 Å². The average Bonchev–Trinajstić information content (AvgIpc) is 3.30. The first-order valence-corrected chi connectivity index (χ1v) is 15.4. The maximum absolute atomic E-state index is 13.5. The lowest BCUT2D eigenvalue weighted by Crippen LogP contribution is -2.35. The van der Waals surface area contributed by atoms with Crippen molar-refractivity contribution in [1.29, 1.82) is 0 Å². The van der Waals surface area contributed by atoms with Crippen molar-refractivity contribution in [3.63, 3.8) is 0 Å². The highest BCUT2D eigenvalue weighted by molar-refractivity contribution is 5.97. The monoisotopic (exact) mass is 560 g/mol. The van der Waals surface area contributed by atoms with E-state index in [1.807, 2.05) is 42.5 Å². The zero-order valence-corrected chi connectivity index (χ0v) is 25.1. The van der Waals surface area contributed by atoms with E-state index in [1.165, 1.54) is 0 Å². The molecular weight excluding hydrogens is 520 g/mol. The van der Waals surface area contributed by atoms with E-state index in [1.54, 1.807) is 0 Å². The highest BCUT2D eigenvalue weighted by atomic mass is 16.6. The van der Waals surface area contributed by atoms with Gasteiger partial charge in [0, 0.05) is 47.3 Å². The molecule has 2 heterocycles. The first kappa shape index (κ1) is 27.9. The van der Waals surface area contributed by atoms with Crippen molar-refractivity contribution in [2.24, 2.45) is 0 Å². The van der Waals surface area contributed by atoms with Crippen LogP contribution in [0, 0.1) is 6.92 Å². The fourth-order valence-corrected chi connectivity index (χ4v) is 6.52. The number of para-hydroxylation sites is 1. The minimum Gasteiger partial charge on any atom is -0.456 e. The highest BCUT2D eigenvalue weighted by Gasteiger charge is 2.55. The summed E-state index contributed by atoms with van der Waals surface area (Å²) in [7, 11) is 0. The Balaban J connectivity index is 1.57. The minimum absolute atomic E-state index is 0.304. The van der Waals surface area contributed by atoms with Gasteiger partial charge in [-0.25, -0.2) is 4.79 Å². The van der Waals surface area contributed by atoms with Crippen LogP contribution in [0.3, 0.4) is 0 Å². The van der Waals surface area contributed by atoms with Crippen molar-refractivity contribution in [2.75, 3.05) is 23.3 Å². The van der Waals surface area contributed by atoms with Gasteiger partial charge in [0.25, 0.3) is 0 Å². The summed E-state index contributed by atoms with van der Waals surface area (Å²) >= 11 is 0. The fraction of sp³-hybridized carbons (Fsp3) is 0.324. The summed E-state index contributed by atoms with van der Waals surface area (Å²) in [6, 6.07) is 26.5. The van der Waals surface area contributed by atoms with Gasteiger partial charge >= 0.3 is 5.97 Å². The summed E-state index contributed by atoms with van der Waals surface area (Å²) in [6.07, 6.45) is 5.29. The molecule has 2 aliphatic heterocycles. The molecule has 0 saturated heterocycles. The molecule has 0 saturated carbocycles. The molecule has 0 aromatic heterocycles. The van der Waals surface area contributed by atoms with E-state index >= 15 is 0 Å². The lowest BCUT2D eigenvalue weighted by molar-refractivity contribution is 0.0222. The number of hydrogen-bond donors (Lipinski definition) is 1. The Morgan fingerprint density at radius 1 is 0.810 bits per heavy atom. The molecule has 1 unspecified atom stereocenters. The van der Waals surface area contributed by atoms with E-state index in [0.29, 0.717) is 5.56 Å². The molecule has 216 valence electrons. The van der Waals surface area contributed by atoms with Gasteiger partial charge in [0.1, 0.15) is 11.5 Å². The van der Waals surface area contributed by atoms with Gasteiger partial charge in [-0.3, -0.25) is 0 Å². The number of esters is 1. The second kappa shape index (κ2) is 11.6. The van der Waals surface area contributed by atoms with E-state index in [-0.39, 0.29) is 5.97 Å². The minimum atomic E-state index is -1.10. The Morgan fingerprint density at radius 2 is 1.52 bits per heavy atom. The second-order valence-corrected chi connectivity index (χ2v) is 11.4. The number of unbranched alkanes of at least 4 members (excludes halogenated alkanes) is 2. The first-order valence-electron chi connectivity index (χ1n) is 15.4. The molecule has 0 amide bonds. The van der Waals surface area contributed by atoms with Gasteiger partial charge < -0.3 is 19.7 Å². The highest BCUT2D eigenvalue weighted by Crippen LogP contribution is 2.59. The molecule has 5 nitrogen and oxygen atoms in total. The van der Waals surface area contributed by atoms with E-state index in [2.05, 4.69) is 74.3 Å². The molecule has 6 rings (SSSR count). The van der Waals surface area contributed by atoms with Crippen molar-refractivity contribution in [1.82, 2.24) is 0 Å². The zero-order chi connectivity index (χ0) is 29.3. The van der Waals surface area contributed by atoms with E-state index in [4.69, 9.17) is 9.47 Å². The van der Waals surface area contributed by atoms with Gasteiger partial charge in [0.2, 0.25) is 0 Å².